The first-order valence-corrected chi connectivity index (χ1v) is 9.05. The van der Waals surface area contributed by atoms with E-state index in [9.17, 15) is 22.4 Å². The molecule has 1 aromatic rings. The topological polar surface area (TPSA) is 114 Å². The molecule has 3 N–H and O–H groups in total. The molecular weight excluding hydrogens is 353 g/mol. The van der Waals surface area contributed by atoms with Gasteiger partial charge in [0.25, 0.3) is 10.0 Å². The summed E-state index contributed by atoms with van der Waals surface area (Å²) in [5.74, 6) is -1.16. The maximum atomic E-state index is 12.9. The number of halogens is 1. The molecule has 1 atom stereocenters. The molecule has 2 rings (SSSR count). The molecule has 1 fully saturated rings. The lowest BCUT2D eigenvalue weighted by atomic mass is 10.1. The van der Waals surface area contributed by atoms with E-state index in [1.165, 1.54) is 0 Å². The van der Waals surface area contributed by atoms with Crippen molar-refractivity contribution < 1.29 is 27.1 Å². The number of carbonyl (C=O) groups is 2. The Kier molecular flexibility index (Phi) is 5.05. The van der Waals surface area contributed by atoms with Gasteiger partial charge in [0.15, 0.2) is 0 Å². The average Bonchev–Trinajstić information content (AvgIpc) is 3.08. The predicted molar refractivity (Wildman–Crippen MR) is 86.2 cm³/mol. The number of ether oxygens (including phenoxy) is 1. The standard InChI is InChI=1S/C15H20FN3O5S/c1-4-24-12(20)15(9-14(15,2)3)17-13(21)18-19-25(22,23)11-7-5-10(16)6-8-11/h5-8,19H,4,9H2,1-3H3,(H2,17,18,21). The lowest BCUT2D eigenvalue weighted by Crippen LogP contribution is -2.55. The van der Waals surface area contributed by atoms with E-state index in [1.54, 1.807) is 20.8 Å². The van der Waals surface area contributed by atoms with E-state index in [2.05, 4.69) is 5.32 Å². The Balaban J connectivity index is 2.00. The number of urea groups is 1. The van der Waals surface area contributed by atoms with Crippen LogP contribution in [-0.2, 0) is 19.6 Å². The van der Waals surface area contributed by atoms with Crippen molar-refractivity contribution in [2.75, 3.05) is 6.61 Å². The van der Waals surface area contributed by atoms with Gasteiger partial charge in [-0.3, -0.25) is 5.43 Å². The summed E-state index contributed by atoms with van der Waals surface area (Å²) in [5.41, 5.74) is 0.270. The summed E-state index contributed by atoms with van der Waals surface area (Å²) in [5, 5.41) is 2.46. The van der Waals surface area contributed by atoms with Crippen LogP contribution in [0, 0.1) is 11.2 Å². The Bertz CT molecular complexity index is 779. The van der Waals surface area contributed by atoms with Crippen LogP contribution in [0.4, 0.5) is 9.18 Å². The van der Waals surface area contributed by atoms with Crippen LogP contribution in [0.1, 0.15) is 27.2 Å². The molecular formula is C15H20FN3O5S. The number of nitrogens with one attached hydrogen (secondary N) is 3. The number of hydrogen-bond donors (Lipinski definition) is 3. The Labute approximate surface area is 145 Å². The summed E-state index contributed by atoms with van der Waals surface area (Å²) in [6.07, 6.45) is 0.372. The second-order valence-corrected chi connectivity index (χ2v) is 8.01. The van der Waals surface area contributed by atoms with Crippen LogP contribution in [0.15, 0.2) is 29.2 Å². The number of hydrogen-bond acceptors (Lipinski definition) is 5. The van der Waals surface area contributed by atoms with Gasteiger partial charge in [-0.1, -0.05) is 13.8 Å². The van der Waals surface area contributed by atoms with Gasteiger partial charge >= 0.3 is 12.0 Å². The molecule has 0 saturated heterocycles. The molecule has 138 valence electrons. The highest BCUT2D eigenvalue weighted by molar-refractivity contribution is 7.89. The van der Waals surface area contributed by atoms with Crippen LogP contribution in [0.3, 0.4) is 0 Å². The van der Waals surface area contributed by atoms with Gasteiger partial charge in [0, 0.05) is 5.41 Å². The third-order valence-electron chi connectivity index (χ3n) is 4.11. The van der Waals surface area contributed by atoms with E-state index in [4.69, 9.17) is 4.74 Å². The highest BCUT2D eigenvalue weighted by Gasteiger charge is 2.68. The van der Waals surface area contributed by atoms with Gasteiger partial charge in [0.1, 0.15) is 11.4 Å². The van der Waals surface area contributed by atoms with Crippen molar-refractivity contribution in [3.63, 3.8) is 0 Å². The molecule has 25 heavy (non-hydrogen) atoms. The Morgan fingerprint density at radius 1 is 1.24 bits per heavy atom. The monoisotopic (exact) mass is 373 g/mol. The number of amides is 2. The molecule has 1 saturated carbocycles. The van der Waals surface area contributed by atoms with Gasteiger partial charge in [0.2, 0.25) is 0 Å². The lowest BCUT2D eigenvalue weighted by molar-refractivity contribution is -0.147. The van der Waals surface area contributed by atoms with Crippen molar-refractivity contribution in [2.45, 2.75) is 37.6 Å². The average molecular weight is 373 g/mol. The summed E-state index contributed by atoms with van der Waals surface area (Å²) in [4.78, 5) is 25.8. The van der Waals surface area contributed by atoms with E-state index in [0.717, 1.165) is 24.3 Å². The maximum absolute atomic E-state index is 12.9. The van der Waals surface area contributed by atoms with E-state index in [-0.39, 0.29) is 11.5 Å². The lowest BCUT2D eigenvalue weighted by Gasteiger charge is -2.20. The number of sulfonamides is 1. The molecule has 1 aliphatic carbocycles. The molecule has 0 bridgehead atoms. The second-order valence-electron chi connectivity index (χ2n) is 6.33. The molecule has 0 aromatic heterocycles. The van der Waals surface area contributed by atoms with Crippen LogP contribution in [-0.4, -0.2) is 32.6 Å². The number of hydrazine groups is 1. The van der Waals surface area contributed by atoms with Gasteiger partial charge in [-0.25, -0.2) is 22.4 Å². The molecule has 1 unspecified atom stereocenters. The summed E-state index contributed by atoms with van der Waals surface area (Å²) in [6, 6.07) is 3.18. The third-order valence-corrected chi connectivity index (χ3v) is 5.37. The molecule has 0 heterocycles. The zero-order valence-electron chi connectivity index (χ0n) is 14.1. The quantitative estimate of drug-likeness (QED) is 0.509. The fraction of sp³-hybridized carbons (Fsp3) is 0.467. The van der Waals surface area contributed by atoms with Crippen molar-refractivity contribution >= 4 is 22.0 Å². The SMILES string of the molecule is CCOC(=O)C1(NC(=O)NNS(=O)(=O)c2ccc(F)cc2)CC1(C)C. The Morgan fingerprint density at radius 3 is 2.28 bits per heavy atom. The van der Waals surface area contributed by atoms with Crippen LogP contribution < -0.4 is 15.6 Å². The highest BCUT2D eigenvalue weighted by atomic mass is 32.2. The van der Waals surface area contributed by atoms with E-state index >= 15 is 0 Å². The number of benzene rings is 1. The van der Waals surface area contributed by atoms with Crippen molar-refractivity contribution in [2.24, 2.45) is 5.41 Å². The summed E-state index contributed by atoms with van der Waals surface area (Å²) in [7, 11) is -4.07. The van der Waals surface area contributed by atoms with Crippen LogP contribution >= 0.6 is 0 Å². The summed E-state index contributed by atoms with van der Waals surface area (Å²) < 4.78 is 41.9. The van der Waals surface area contributed by atoms with Crippen LogP contribution in [0.5, 0.6) is 0 Å². The fourth-order valence-electron chi connectivity index (χ4n) is 2.50. The van der Waals surface area contributed by atoms with Crippen molar-refractivity contribution in [1.29, 1.82) is 0 Å². The molecule has 0 aliphatic heterocycles. The van der Waals surface area contributed by atoms with Gasteiger partial charge in [0.05, 0.1) is 11.5 Å². The first kappa shape index (κ1) is 19.1. The summed E-state index contributed by atoms with van der Waals surface area (Å²) in [6.45, 7) is 5.38. The highest BCUT2D eigenvalue weighted by Crippen LogP contribution is 2.56. The zero-order valence-corrected chi connectivity index (χ0v) is 14.9. The minimum Gasteiger partial charge on any atom is -0.464 e. The number of esters is 1. The van der Waals surface area contributed by atoms with E-state index in [1.807, 2.05) is 10.3 Å². The van der Waals surface area contributed by atoms with Crippen LogP contribution in [0.25, 0.3) is 0 Å². The summed E-state index contributed by atoms with van der Waals surface area (Å²) >= 11 is 0. The third kappa shape index (κ3) is 3.90. The molecule has 1 aromatic carbocycles. The predicted octanol–water partition coefficient (Wildman–Crippen LogP) is 1.05. The molecule has 8 nitrogen and oxygen atoms in total. The van der Waals surface area contributed by atoms with Crippen molar-refractivity contribution in [3.8, 4) is 0 Å². The maximum Gasteiger partial charge on any atom is 0.332 e. The Morgan fingerprint density at radius 2 is 1.80 bits per heavy atom. The van der Waals surface area contributed by atoms with E-state index < -0.39 is 38.8 Å². The smallest absolute Gasteiger partial charge is 0.332 e. The Hall–Kier alpha value is -2.20. The minimum absolute atomic E-state index is 0.164. The van der Waals surface area contributed by atoms with Gasteiger partial charge in [-0.2, -0.15) is 0 Å². The molecule has 2 amide bonds. The van der Waals surface area contributed by atoms with Gasteiger partial charge in [-0.05, 0) is 37.6 Å². The largest absolute Gasteiger partial charge is 0.464 e. The molecule has 10 heteroatoms. The first-order valence-electron chi connectivity index (χ1n) is 7.57. The van der Waals surface area contributed by atoms with E-state index in [0.29, 0.717) is 6.42 Å². The van der Waals surface area contributed by atoms with Crippen molar-refractivity contribution in [1.82, 2.24) is 15.6 Å². The van der Waals surface area contributed by atoms with Gasteiger partial charge in [-0.15, -0.1) is 4.83 Å². The normalized spacial score (nSPS) is 21.3. The van der Waals surface area contributed by atoms with Crippen molar-refractivity contribution in [3.05, 3.63) is 30.1 Å². The van der Waals surface area contributed by atoms with Gasteiger partial charge < -0.3 is 10.1 Å². The van der Waals surface area contributed by atoms with Crippen LogP contribution in [0.2, 0.25) is 0 Å². The number of carbonyl (C=O) groups excluding carboxylic acids is 2. The number of rotatable bonds is 6. The minimum atomic E-state index is -4.07. The first-order chi connectivity index (χ1) is 11.5. The zero-order chi connectivity index (χ0) is 18.9. The second kappa shape index (κ2) is 6.60. The molecule has 1 aliphatic rings. The molecule has 0 spiro atoms. The fourth-order valence-corrected chi connectivity index (χ4v) is 3.34. The molecule has 0 radical (unpaired) electrons.